The number of allylic oxidation sites excluding steroid dienone is 2. The topological polar surface area (TPSA) is 195 Å². The Morgan fingerprint density at radius 3 is 2.28 bits per heavy atom. The molecule has 3 amide bonds. The van der Waals surface area contributed by atoms with Gasteiger partial charge in [0.15, 0.2) is 6.79 Å². The Bertz CT molecular complexity index is 1310. The Morgan fingerprint density at radius 2 is 1.76 bits per heavy atom. The fraction of sp³-hybridized carbons (Fsp3) is 0.531. The fourth-order valence-corrected chi connectivity index (χ4v) is 7.83. The van der Waals surface area contributed by atoms with Crippen LogP contribution in [0.1, 0.15) is 56.2 Å². The summed E-state index contributed by atoms with van der Waals surface area (Å²) >= 11 is 0. The number of hydrogen-bond donors (Lipinski definition) is 5. The standard InChI is InChI=1S/C32H45N5O7S2/c1-18(2)43-17-44-22-14-19(3)23(20(4)15-22)16-24(35-5)30(40)37-26(28(33)39)29(34)45-46-32(12-13-32)27(31(41)42)36-25(38)11-10-21-8-6-7-9-21/h6-7,12-15,18,21,24,26-27,29H,5,8-11,16-17,34H2,1-4H3,(H2,33,39)(H,36,38)(H,37,40)(H,41,42)/t24?,26-,27-,29?/m0/s1. The van der Waals surface area contributed by atoms with Crippen LogP contribution in [0.3, 0.4) is 0 Å². The van der Waals surface area contributed by atoms with E-state index in [1.807, 2.05) is 39.8 Å². The number of nitrogens with one attached hydrogen (secondary N) is 2. The summed E-state index contributed by atoms with van der Waals surface area (Å²) in [5.74, 6) is -1.97. The smallest absolute Gasteiger partial charge is 0.328 e. The van der Waals surface area contributed by atoms with E-state index in [4.69, 9.17) is 20.9 Å². The number of primary amides is 1. The van der Waals surface area contributed by atoms with Crippen molar-refractivity contribution in [3.8, 4) is 5.75 Å². The van der Waals surface area contributed by atoms with E-state index >= 15 is 0 Å². The third kappa shape index (κ3) is 10.6. The fourth-order valence-electron chi connectivity index (χ4n) is 5.01. The van der Waals surface area contributed by atoms with Gasteiger partial charge in [0.2, 0.25) is 17.7 Å². The molecular formula is C32H45N5O7S2. The lowest BCUT2D eigenvalue weighted by Gasteiger charge is -2.28. The molecule has 3 rings (SSSR count). The first kappa shape index (κ1) is 37.1. The van der Waals surface area contributed by atoms with E-state index in [-0.39, 0.29) is 31.6 Å². The predicted octanol–water partition coefficient (Wildman–Crippen LogP) is 2.94. The van der Waals surface area contributed by atoms with Crippen LogP contribution in [-0.4, -0.2) is 76.7 Å². The highest BCUT2D eigenvalue weighted by Gasteiger charge is 2.49. The number of aliphatic imine (C=N–C) groups is 1. The molecule has 0 saturated carbocycles. The molecule has 7 N–H and O–H groups in total. The molecule has 0 aromatic heterocycles. The number of carbonyl (C=O) groups excluding carboxylic acids is 3. The first-order valence-electron chi connectivity index (χ1n) is 15.1. The lowest BCUT2D eigenvalue weighted by Crippen LogP contribution is -2.56. The van der Waals surface area contributed by atoms with E-state index < -0.39 is 46.0 Å². The molecule has 0 bridgehead atoms. The zero-order valence-corrected chi connectivity index (χ0v) is 28.3. The molecule has 2 aliphatic carbocycles. The Morgan fingerprint density at radius 1 is 1.13 bits per heavy atom. The van der Waals surface area contributed by atoms with Gasteiger partial charge in [-0.2, -0.15) is 0 Å². The maximum Gasteiger partial charge on any atom is 0.328 e. The van der Waals surface area contributed by atoms with E-state index in [0.717, 1.165) is 51.1 Å². The van der Waals surface area contributed by atoms with Gasteiger partial charge in [-0.15, -0.1) is 0 Å². The van der Waals surface area contributed by atoms with Crippen LogP contribution >= 0.6 is 21.6 Å². The van der Waals surface area contributed by atoms with Gasteiger partial charge in [0, 0.05) is 12.8 Å². The highest BCUT2D eigenvalue weighted by molar-refractivity contribution is 8.77. The van der Waals surface area contributed by atoms with Crippen molar-refractivity contribution in [3.05, 3.63) is 53.1 Å². The number of amides is 3. The molecule has 0 heterocycles. The Labute approximate surface area is 278 Å². The second-order valence-corrected chi connectivity index (χ2v) is 14.5. The first-order valence-corrected chi connectivity index (χ1v) is 17.3. The second-order valence-electron chi connectivity index (χ2n) is 11.8. The molecule has 14 heteroatoms. The summed E-state index contributed by atoms with van der Waals surface area (Å²) < 4.78 is 10.1. The largest absolute Gasteiger partial charge is 0.480 e. The van der Waals surface area contributed by atoms with Crippen LogP contribution in [0.5, 0.6) is 5.75 Å². The molecule has 4 atom stereocenters. The number of rotatable bonds is 20. The zero-order chi connectivity index (χ0) is 34.0. The summed E-state index contributed by atoms with van der Waals surface area (Å²) in [6, 6.07) is 0.238. The Kier molecular flexibility index (Phi) is 13.7. The lowest BCUT2D eigenvalue weighted by molar-refractivity contribution is -0.141. The summed E-state index contributed by atoms with van der Waals surface area (Å²) in [5.41, 5.74) is 14.6. The summed E-state index contributed by atoms with van der Waals surface area (Å²) in [6.07, 6.45) is 10.5. The Hall–Kier alpha value is -3.33. The second kappa shape index (κ2) is 17.0. The van der Waals surface area contributed by atoms with Crippen molar-refractivity contribution in [1.82, 2.24) is 10.6 Å². The van der Waals surface area contributed by atoms with E-state index in [1.54, 1.807) is 12.2 Å². The van der Waals surface area contributed by atoms with Crippen molar-refractivity contribution in [2.45, 2.75) is 94.1 Å². The molecule has 0 aliphatic heterocycles. The van der Waals surface area contributed by atoms with E-state index in [9.17, 15) is 24.3 Å². The molecule has 2 aliphatic rings. The van der Waals surface area contributed by atoms with Crippen LogP contribution in [0.4, 0.5) is 0 Å². The van der Waals surface area contributed by atoms with Crippen LogP contribution in [0.2, 0.25) is 0 Å². The number of carboxylic acid groups (broad SMARTS) is 1. The molecule has 12 nitrogen and oxygen atoms in total. The number of hydrogen-bond acceptors (Lipinski definition) is 10. The summed E-state index contributed by atoms with van der Waals surface area (Å²) in [4.78, 5) is 54.4. The van der Waals surface area contributed by atoms with Crippen LogP contribution in [0.25, 0.3) is 0 Å². The number of benzene rings is 1. The van der Waals surface area contributed by atoms with Crippen molar-refractivity contribution in [3.63, 3.8) is 0 Å². The van der Waals surface area contributed by atoms with Crippen molar-refractivity contribution < 1.29 is 33.8 Å². The molecule has 46 heavy (non-hydrogen) atoms. The minimum Gasteiger partial charge on any atom is -0.480 e. The molecular weight excluding hydrogens is 631 g/mol. The number of carbonyl (C=O) groups is 4. The van der Waals surface area contributed by atoms with Gasteiger partial charge in [-0.3, -0.25) is 19.4 Å². The van der Waals surface area contributed by atoms with E-state index in [2.05, 4.69) is 34.5 Å². The summed E-state index contributed by atoms with van der Waals surface area (Å²) in [7, 11) is 2.07. The van der Waals surface area contributed by atoms with E-state index in [1.165, 1.54) is 0 Å². The molecule has 1 aromatic carbocycles. The van der Waals surface area contributed by atoms with Gasteiger partial charge >= 0.3 is 5.97 Å². The van der Waals surface area contributed by atoms with Gasteiger partial charge in [-0.25, -0.2) is 4.79 Å². The van der Waals surface area contributed by atoms with Crippen LogP contribution in [-0.2, 0) is 30.3 Å². The van der Waals surface area contributed by atoms with Gasteiger partial charge < -0.3 is 36.7 Å². The van der Waals surface area contributed by atoms with Gasteiger partial charge in [-0.05, 0) is 88.4 Å². The average molecular weight is 676 g/mol. The van der Waals surface area contributed by atoms with Gasteiger partial charge in [0.25, 0.3) is 0 Å². The van der Waals surface area contributed by atoms with E-state index in [0.29, 0.717) is 18.1 Å². The van der Waals surface area contributed by atoms with Gasteiger partial charge in [-0.1, -0.05) is 45.9 Å². The minimum atomic E-state index is -1.29. The maximum atomic E-state index is 13.3. The van der Waals surface area contributed by atoms with Crippen molar-refractivity contribution in [2.24, 2.45) is 22.4 Å². The number of carboxylic acids is 1. The molecule has 0 spiro atoms. The minimum absolute atomic E-state index is 0.0311. The number of ether oxygens (including phenoxy) is 2. The number of nitrogens with zero attached hydrogens (tertiary/aromatic N) is 1. The monoisotopic (exact) mass is 675 g/mol. The highest BCUT2D eigenvalue weighted by Crippen LogP contribution is 2.50. The molecule has 0 fully saturated rings. The van der Waals surface area contributed by atoms with Crippen LogP contribution in [0, 0.1) is 19.8 Å². The lowest BCUT2D eigenvalue weighted by atomic mass is 9.95. The third-order valence-corrected chi connectivity index (χ3v) is 11.0. The van der Waals surface area contributed by atoms with Gasteiger partial charge in [0.1, 0.15) is 23.9 Å². The third-order valence-electron chi connectivity index (χ3n) is 7.84. The summed E-state index contributed by atoms with van der Waals surface area (Å²) in [6.45, 7) is 11.3. The predicted molar refractivity (Wildman–Crippen MR) is 181 cm³/mol. The molecule has 0 radical (unpaired) electrons. The quantitative estimate of drug-likeness (QED) is 0.0593. The maximum absolute atomic E-state index is 13.3. The number of aliphatic carboxylic acids is 1. The van der Waals surface area contributed by atoms with Crippen LogP contribution in [0.15, 0.2) is 41.4 Å². The SMILES string of the molecule is C=NC(Cc1c(C)cc(OCOC(C)C)cc1C)C(=O)N[C@@H](C(N)=O)C(N)SSC1([C@@H](NC(=O)CCC2CC=CC2)C(=O)O)C=C1. The molecule has 0 saturated heterocycles. The highest BCUT2D eigenvalue weighted by atomic mass is 33.1. The molecule has 1 aromatic rings. The Balaban J connectivity index is 1.59. The normalized spacial score (nSPS) is 17.6. The number of nitrogens with two attached hydrogens (primary N) is 2. The first-order chi connectivity index (χ1) is 21.8. The van der Waals surface area contributed by atoms with Crippen molar-refractivity contribution in [1.29, 1.82) is 0 Å². The molecule has 2 unspecified atom stereocenters. The van der Waals surface area contributed by atoms with Crippen LogP contribution < -0.4 is 26.8 Å². The van der Waals surface area contributed by atoms with Crippen molar-refractivity contribution in [2.75, 3.05) is 6.79 Å². The van der Waals surface area contributed by atoms with Gasteiger partial charge in [0.05, 0.1) is 16.2 Å². The zero-order valence-electron chi connectivity index (χ0n) is 26.7. The summed E-state index contributed by atoms with van der Waals surface area (Å²) in [5, 5.41) is 14.1. The number of aryl methyl sites for hydroxylation is 2. The molecule has 252 valence electrons. The average Bonchev–Trinajstić information content (AvgIpc) is 3.58. The van der Waals surface area contributed by atoms with Crippen molar-refractivity contribution >= 4 is 52.0 Å².